The van der Waals surface area contributed by atoms with Crippen LogP contribution in [0.25, 0.3) is 0 Å². The SMILES string of the molecule is CC(=O)c1sc(NCc2ccc(F)c(Cl)c2)nc1C(=O)O. The van der Waals surface area contributed by atoms with Crippen molar-refractivity contribution in [2.75, 3.05) is 5.32 Å². The quantitative estimate of drug-likeness (QED) is 0.822. The van der Waals surface area contributed by atoms with Crippen molar-refractivity contribution < 1.29 is 19.1 Å². The summed E-state index contributed by atoms with van der Waals surface area (Å²) in [6.07, 6.45) is 0. The molecule has 0 aliphatic carbocycles. The lowest BCUT2D eigenvalue weighted by atomic mass is 10.2. The molecule has 0 bridgehead atoms. The van der Waals surface area contributed by atoms with Crippen LogP contribution in [0, 0.1) is 5.82 Å². The Kier molecular flexibility index (Phi) is 4.54. The van der Waals surface area contributed by atoms with Gasteiger partial charge in [0.1, 0.15) is 10.7 Å². The lowest BCUT2D eigenvalue weighted by Crippen LogP contribution is -2.04. The third-order valence-electron chi connectivity index (χ3n) is 2.58. The molecule has 0 saturated heterocycles. The molecule has 0 saturated carbocycles. The molecule has 1 aromatic carbocycles. The van der Waals surface area contributed by atoms with Crippen molar-refractivity contribution in [1.82, 2.24) is 4.98 Å². The van der Waals surface area contributed by atoms with Crippen LogP contribution >= 0.6 is 22.9 Å². The van der Waals surface area contributed by atoms with E-state index in [1.165, 1.54) is 19.1 Å². The number of halogens is 2. The van der Waals surface area contributed by atoms with Gasteiger partial charge in [-0.05, 0) is 17.7 Å². The fraction of sp³-hybridized carbons (Fsp3) is 0.154. The summed E-state index contributed by atoms with van der Waals surface area (Å²) in [5, 5.41) is 12.2. The third kappa shape index (κ3) is 3.56. The number of carbonyl (C=O) groups excluding carboxylic acids is 1. The first-order valence-corrected chi connectivity index (χ1v) is 7.00. The molecule has 8 heteroatoms. The molecule has 2 N–H and O–H groups in total. The highest BCUT2D eigenvalue weighted by atomic mass is 35.5. The predicted molar refractivity (Wildman–Crippen MR) is 77.8 cm³/mol. The molecule has 0 aliphatic rings. The summed E-state index contributed by atoms with van der Waals surface area (Å²) in [4.78, 5) is 26.3. The van der Waals surface area contributed by atoms with Gasteiger partial charge in [-0.3, -0.25) is 4.79 Å². The second-order valence-electron chi connectivity index (χ2n) is 4.16. The summed E-state index contributed by atoms with van der Waals surface area (Å²) in [5.74, 6) is -2.13. The number of hydrogen-bond acceptors (Lipinski definition) is 5. The fourth-order valence-electron chi connectivity index (χ4n) is 1.61. The topological polar surface area (TPSA) is 79.3 Å². The first kappa shape index (κ1) is 15.4. The highest BCUT2D eigenvalue weighted by Gasteiger charge is 2.20. The average Bonchev–Trinajstić information content (AvgIpc) is 2.85. The monoisotopic (exact) mass is 328 g/mol. The van der Waals surface area contributed by atoms with Crippen LogP contribution in [0.15, 0.2) is 18.2 Å². The highest BCUT2D eigenvalue weighted by Crippen LogP contribution is 2.24. The number of nitrogens with zero attached hydrogens (tertiary/aromatic N) is 1. The number of Topliss-reactive ketones (excluding diaryl/α,β-unsaturated/α-hetero) is 1. The second-order valence-corrected chi connectivity index (χ2v) is 5.57. The van der Waals surface area contributed by atoms with E-state index >= 15 is 0 Å². The maximum atomic E-state index is 13.0. The number of thiazole rings is 1. The van der Waals surface area contributed by atoms with E-state index in [-0.39, 0.29) is 27.9 Å². The summed E-state index contributed by atoms with van der Waals surface area (Å²) < 4.78 is 13.0. The van der Waals surface area contributed by atoms with E-state index < -0.39 is 11.8 Å². The number of hydrogen-bond donors (Lipinski definition) is 2. The van der Waals surface area contributed by atoms with Gasteiger partial charge in [-0.25, -0.2) is 14.2 Å². The number of benzene rings is 1. The van der Waals surface area contributed by atoms with Gasteiger partial charge in [-0.15, -0.1) is 0 Å². The molecule has 110 valence electrons. The van der Waals surface area contributed by atoms with Crippen LogP contribution in [0.1, 0.15) is 32.6 Å². The first-order valence-electron chi connectivity index (χ1n) is 5.81. The van der Waals surface area contributed by atoms with E-state index in [1.54, 1.807) is 6.07 Å². The van der Waals surface area contributed by atoms with Crippen molar-refractivity contribution in [2.45, 2.75) is 13.5 Å². The number of rotatable bonds is 5. The zero-order valence-electron chi connectivity index (χ0n) is 10.8. The van der Waals surface area contributed by atoms with E-state index in [9.17, 15) is 14.0 Å². The predicted octanol–water partition coefficient (Wildman–Crippen LogP) is 3.45. The lowest BCUT2D eigenvalue weighted by Gasteiger charge is -2.03. The molecule has 0 aliphatic heterocycles. The Morgan fingerprint density at radius 3 is 2.71 bits per heavy atom. The Hall–Kier alpha value is -1.99. The largest absolute Gasteiger partial charge is 0.476 e. The van der Waals surface area contributed by atoms with Crippen molar-refractivity contribution in [3.05, 3.63) is 45.2 Å². The molecular weight excluding hydrogens is 319 g/mol. The molecule has 0 amide bonds. The van der Waals surface area contributed by atoms with Gasteiger partial charge in [-0.2, -0.15) is 0 Å². The van der Waals surface area contributed by atoms with Crippen LogP contribution in [0.2, 0.25) is 5.02 Å². The van der Waals surface area contributed by atoms with Crippen molar-refractivity contribution >= 4 is 39.8 Å². The molecule has 21 heavy (non-hydrogen) atoms. The number of aromatic nitrogens is 1. The van der Waals surface area contributed by atoms with Crippen molar-refractivity contribution in [3.63, 3.8) is 0 Å². The number of anilines is 1. The van der Waals surface area contributed by atoms with Gasteiger partial charge in [0.15, 0.2) is 16.6 Å². The first-order chi connectivity index (χ1) is 9.88. The highest BCUT2D eigenvalue weighted by molar-refractivity contribution is 7.17. The number of carboxylic acids is 1. The molecule has 1 heterocycles. The lowest BCUT2D eigenvalue weighted by molar-refractivity contribution is 0.0687. The number of ketones is 1. The van der Waals surface area contributed by atoms with Crippen LogP contribution in [-0.2, 0) is 6.54 Å². The van der Waals surface area contributed by atoms with Crippen LogP contribution < -0.4 is 5.32 Å². The third-order valence-corrected chi connectivity index (χ3v) is 3.98. The minimum absolute atomic E-state index is 0.00379. The van der Waals surface area contributed by atoms with E-state index in [0.717, 1.165) is 11.3 Å². The summed E-state index contributed by atoms with van der Waals surface area (Å²) in [6.45, 7) is 1.56. The Labute approximate surface area is 128 Å². The molecule has 5 nitrogen and oxygen atoms in total. The van der Waals surface area contributed by atoms with Gasteiger partial charge in [0.05, 0.1) is 5.02 Å². The standard InChI is InChI=1S/C13H10ClFN2O3S/c1-6(18)11-10(12(19)20)17-13(21-11)16-5-7-2-3-9(15)8(14)4-7/h2-4H,5H2,1H3,(H,16,17)(H,19,20). The Morgan fingerprint density at radius 1 is 1.48 bits per heavy atom. The van der Waals surface area contributed by atoms with E-state index in [2.05, 4.69) is 10.3 Å². The maximum absolute atomic E-state index is 13.0. The summed E-state index contributed by atoms with van der Waals surface area (Å²) in [6, 6.07) is 4.25. The molecule has 0 radical (unpaired) electrons. The average molecular weight is 329 g/mol. The summed E-state index contributed by atoms with van der Waals surface area (Å²) in [5.41, 5.74) is 0.435. The number of nitrogens with one attached hydrogen (secondary N) is 1. The van der Waals surface area contributed by atoms with Gasteiger partial charge in [0.2, 0.25) is 0 Å². The van der Waals surface area contributed by atoms with Crippen LogP contribution in [0.4, 0.5) is 9.52 Å². The van der Waals surface area contributed by atoms with Gasteiger partial charge in [-0.1, -0.05) is 29.0 Å². The van der Waals surface area contributed by atoms with E-state index in [0.29, 0.717) is 10.7 Å². The second kappa shape index (κ2) is 6.19. The molecule has 2 aromatic rings. The van der Waals surface area contributed by atoms with E-state index in [4.69, 9.17) is 16.7 Å². The number of carbonyl (C=O) groups is 2. The molecule has 2 rings (SSSR count). The van der Waals surface area contributed by atoms with Gasteiger partial charge in [0.25, 0.3) is 0 Å². The Balaban J connectivity index is 2.16. The molecular formula is C13H10ClFN2O3S. The van der Waals surface area contributed by atoms with E-state index in [1.807, 2.05) is 0 Å². The van der Waals surface area contributed by atoms with Crippen LogP contribution in [0.3, 0.4) is 0 Å². The number of aromatic carboxylic acids is 1. The molecule has 0 unspecified atom stereocenters. The zero-order valence-corrected chi connectivity index (χ0v) is 12.4. The minimum Gasteiger partial charge on any atom is -0.476 e. The number of carboxylic acid groups (broad SMARTS) is 1. The summed E-state index contributed by atoms with van der Waals surface area (Å²) >= 11 is 6.63. The van der Waals surface area contributed by atoms with Gasteiger partial charge in [0, 0.05) is 13.5 Å². The molecule has 0 atom stereocenters. The molecule has 0 fully saturated rings. The van der Waals surface area contributed by atoms with Crippen LogP contribution in [0.5, 0.6) is 0 Å². The van der Waals surface area contributed by atoms with Gasteiger partial charge >= 0.3 is 5.97 Å². The minimum atomic E-state index is -1.26. The molecule has 0 spiro atoms. The van der Waals surface area contributed by atoms with Crippen LogP contribution in [-0.4, -0.2) is 21.8 Å². The Bertz CT molecular complexity index is 686. The smallest absolute Gasteiger partial charge is 0.356 e. The van der Waals surface area contributed by atoms with Crippen molar-refractivity contribution in [2.24, 2.45) is 0 Å². The zero-order chi connectivity index (χ0) is 15.6. The fourth-order valence-corrected chi connectivity index (χ4v) is 2.66. The maximum Gasteiger partial charge on any atom is 0.356 e. The van der Waals surface area contributed by atoms with Crippen molar-refractivity contribution in [3.8, 4) is 0 Å². The normalized spacial score (nSPS) is 10.4. The van der Waals surface area contributed by atoms with Crippen molar-refractivity contribution in [1.29, 1.82) is 0 Å². The van der Waals surface area contributed by atoms with Gasteiger partial charge < -0.3 is 10.4 Å². The molecule has 1 aromatic heterocycles. The Morgan fingerprint density at radius 2 is 2.19 bits per heavy atom. The summed E-state index contributed by atoms with van der Waals surface area (Å²) in [7, 11) is 0.